The molecule has 5 nitrogen and oxygen atoms in total. The first-order valence-electron chi connectivity index (χ1n) is 10.1. The normalized spacial score (nSPS) is 11.0. The van der Waals surface area contributed by atoms with Crippen molar-refractivity contribution in [3.8, 4) is 17.6 Å². The van der Waals surface area contributed by atoms with Gasteiger partial charge in [0, 0.05) is 10.7 Å². The molecule has 0 atom stereocenters. The van der Waals surface area contributed by atoms with Crippen LogP contribution in [0.4, 0.5) is 5.69 Å². The van der Waals surface area contributed by atoms with Gasteiger partial charge in [-0.3, -0.25) is 4.79 Å². The van der Waals surface area contributed by atoms with E-state index in [4.69, 9.17) is 21.1 Å². The second kappa shape index (κ2) is 11.0. The minimum absolute atomic E-state index is 0.0531. The maximum Gasteiger partial charge on any atom is 0.266 e. The maximum absolute atomic E-state index is 12.5. The van der Waals surface area contributed by atoms with E-state index in [0.717, 1.165) is 5.56 Å². The van der Waals surface area contributed by atoms with Crippen molar-refractivity contribution in [2.24, 2.45) is 0 Å². The summed E-state index contributed by atoms with van der Waals surface area (Å²) in [5, 5.41) is 12.8. The molecule has 0 bridgehead atoms. The highest BCUT2D eigenvalue weighted by atomic mass is 79.9. The Morgan fingerprint density at radius 3 is 2.48 bits per heavy atom. The molecule has 33 heavy (non-hydrogen) atoms. The van der Waals surface area contributed by atoms with Crippen LogP contribution < -0.4 is 14.8 Å². The summed E-state index contributed by atoms with van der Waals surface area (Å²) in [4.78, 5) is 12.5. The summed E-state index contributed by atoms with van der Waals surface area (Å²) in [6.07, 6.45) is 1.49. The summed E-state index contributed by atoms with van der Waals surface area (Å²) in [6.45, 7) is 4.50. The monoisotopic (exact) mass is 524 g/mol. The van der Waals surface area contributed by atoms with Gasteiger partial charge in [-0.2, -0.15) is 5.26 Å². The van der Waals surface area contributed by atoms with Crippen molar-refractivity contribution in [2.75, 3.05) is 12.4 Å². The number of anilines is 1. The SMILES string of the molecule is COc1cc(/C=C(\C#N)C(=O)Nc2ccc(Cl)cc2)cc(Br)c1OCc1ccc(C)c(C)c1. The van der Waals surface area contributed by atoms with Gasteiger partial charge >= 0.3 is 0 Å². The number of hydrogen-bond donors (Lipinski definition) is 1. The molecule has 0 aliphatic rings. The number of carbonyl (C=O) groups excluding carboxylic acids is 1. The lowest BCUT2D eigenvalue weighted by molar-refractivity contribution is -0.112. The summed E-state index contributed by atoms with van der Waals surface area (Å²) >= 11 is 9.39. The van der Waals surface area contributed by atoms with Crippen LogP contribution in [0.15, 0.2) is 64.6 Å². The number of nitrogens with one attached hydrogen (secondary N) is 1. The van der Waals surface area contributed by atoms with Gasteiger partial charge in [0.15, 0.2) is 11.5 Å². The van der Waals surface area contributed by atoms with Crippen LogP contribution in [0.1, 0.15) is 22.3 Å². The van der Waals surface area contributed by atoms with Gasteiger partial charge in [-0.15, -0.1) is 0 Å². The van der Waals surface area contributed by atoms with Crippen molar-refractivity contribution < 1.29 is 14.3 Å². The number of benzene rings is 3. The number of hydrogen-bond acceptors (Lipinski definition) is 4. The minimum Gasteiger partial charge on any atom is -0.493 e. The Morgan fingerprint density at radius 1 is 1.12 bits per heavy atom. The van der Waals surface area contributed by atoms with Crippen molar-refractivity contribution >= 4 is 45.2 Å². The van der Waals surface area contributed by atoms with Crippen molar-refractivity contribution in [1.82, 2.24) is 0 Å². The van der Waals surface area contributed by atoms with Crippen molar-refractivity contribution in [1.29, 1.82) is 5.26 Å². The molecular weight excluding hydrogens is 504 g/mol. The number of methoxy groups -OCH3 is 1. The quantitative estimate of drug-likeness (QED) is 0.270. The Bertz CT molecular complexity index is 1250. The molecule has 1 amide bonds. The van der Waals surface area contributed by atoms with Crippen LogP contribution in [-0.2, 0) is 11.4 Å². The number of amides is 1. The van der Waals surface area contributed by atoms with Crippen LogP contribution in [0.2, 0.25) is 5.02 Å². The smallest absolute Gasteiger partial charge is 0.266 e. The molecule has 0 saturated carbocycles. The van der Waals surface area contributed by atoms with Gasteiger partial charge in [0.05, 0.1) is 11.6 Å². The first kappa shape index (κ1) is 24.4. The fraction of sp³-hybridized carbons (Fsp3) is 0.154. The molecule has 0 unspecified atom stereocenters. The second-order valence-corrected chi connectivity index (χ2v) is 8.66. The molecule has 0 saturated heterocycles. The number of rotatable bonds is 7. The van der Waals surface area contributed by atoms with Crippen LogP contribution >= 0.6 is 27.5 Å². The summed E-state index contributed by atoms with van der Waals surface area (Å²) < 4.78 is 12.2. The number of ether oxygens (including phenoxy) is 2. The third-order valence-electron chi connectivity index (χ3n) is 4.98. The summed E-state index contributed by atoms with van der Waals surface area (Å²) in [7, 11) is 1.54. The third-order valence-corrected chi connectivity index (χ3v) is 5.83. The molecule has 168 valence electrons. The lowest BCUT2D eigenvalue weighted by Crippen LogP contribution is -2.13. The number of carbonyl (C=O) groups is 1. The average Bonchev–Trinajstić information content (AvgIpc) is 2.80. The second-order valence-electron chi connectivity index (χ2n) is 7.37. The van der Waals surface area contributed by atoms with E-state index < -0.39 is 5.91 Å². The van der Waals surface area contributed by atoms with E-state index in [1.807, 2.05) is 12.1 Å². The van der Waals surface area contributed by atoms with Crippen LogP contribution in [0, 0.1) is 25.2 Å². The molecule has 3 aromatic rings. The van der Waals surface area contributed by atoms with E-state index in [1.165, 1.54) is 24.3 Å². The molecule has 1 N–H and O–H groups in total. The third kappa shape index (κ3) is 6.38. The Hall–Kier alpha value is -3.27. The van der Waals surface area contributed by atoms with Crippen LogP contribution in [0.5, 0.6) is 11.5 Å². The van der Waals surface area contributed by atoms with Gasteiger partial charge in [0.2, 0.25) is 0 Å². The number of nitriles is 1. The van der Waals surface area contributed by atoms with Crippen LogP contribution in [0.3, 0.4) is 0 Å². The Morgan fingerprint density at radius 2 is 1.85 bits per heavy atom. The highest BCUT2D eigenvalue weighted by Crippen LogP contribution is 2.38. The molecule has 7 heteroatoms. The van der Waals surface area contributed by atoms with Crippen LogP contribution in [0.25, 0.3) is 6.08 Å². The summed E-state index contributed by atoms with van der Waals surface area (Å²) in [5.41, 5.74) is 4.56. The molecule has 3 rings (SSSR count). The zero-order valence-electron chi connectivity index (χ0n) is 18.4. The molecule has 0 spiro atoms. The number of aryl methyl sites for hydroxylation is 2. The van der Waals surface area contributed by atoms with E-state index in [0.29, 0.717) is 38.9 Å². The predicted molar refractivity (Wildman–Crippen MR) is 135 cm³/mol. The molecule has 3 aromatic carbocycles. The average molecular weight is 526 g/mol. The van der Waals surface area contributed by atoms with E-state index in [9.17, 15) is 10.1 Å². The van der Waals surface area contributed by atoms with Crippen LogP contribution in [-0.4, -0.2) is 13.0 Å². The van der Waals surface area contributed by atoms with Crippen molar-refractivity contribution in [3.05, 3.63) is 91.9 Å². The Kier molecular flexibility index (Phi) is 8.16. The summed E-state index contributed by atoms with van der Waals surface area (Å²) in [5.74, 6) is 0.497. The van der Waals surface area contributed by atoms with Gasteiger partial charge in [-0.1, -0.05) is 29.8 Å². The van der Waals surface area contributed by atoms with E-state index >= 15 is 0 Å². The van der Waals surface area contributed by atoms with Gasteiger partial charge in [0.25, 0.3) is 5.91 Å². The van der Waals surface area contributed by atoms with Crippen molar-refractivity contribution in [3.63, 3.8) is 0 Å². The molecule has 0 aliphatic heterocycles. The van der Waals surface area contributed by atoms with Gasteiger partial charge < -0.3 is 14.8 Å². The Balaban J connectivity index is 1.81. The molecule has 0 heterocycles. The molecular formula is C26H22BrClN2O3. The zero-order chi connectivity index (χ0) is 24.0. The lowest BCUT2D eigenvalue weighted by atomic mass is 10.1. The largest absolute Gasteiger partial charge is 0.493 e. The standard InChI is InChI=1S/C26H22BrClN2O3/c1-16-4-5-18(10-17(16)2)15-33-25-23(27)12-19(13-24(25)32-3)11-20(14-29)26(31)30-22-8-6-21(28)7-9-22/h4-13H,15H2,1-3H3,(H,30,31)/b20-11+. The van der Waals surface area contributed by atoms with Gasteiger partial charge in [0.1, 0.15) is 18.2 Å². The zero-order valence-corrected chi connectivity index (χ0v) is 20.8. The predicted octanol–water partition coefficient (Wildman–Crippen LogP) is 6.85. The fourth-order valence-electron chi connectivity index (χ4n) is 3.06. The topological polar surface area (TPSA) is 71.3 Å². The maximum atomic E-state index is 12.5. The number of halogens is 2. The van der Waals surface area contributed by atoms with Gasteiger partial charge in [-0.05, 0) is 94.5 Å². The molecule has 0 radical (unpaired) electrons. The van der Waals surface area contributed by atoms with E-state index in [2.05, 4.69) is 47.2 Å². The number of nitrogens with zero attached hydrogens (tertiary/aromatic N) is 1. The Labute approximate surface area is 206 Å². The highest BCUT2D eigenvalue weighted by molar-refractivity contribution is 9.10. The lowest BCUT2D eigenvalue weighted by Gasteiger charge is -2.14. The van der Waals surface area contributed by atoms with E-state index in [1.54, 1.807) is 36.4 Å². The molecule has 0 fully saturated rings. The minimum atomic E-state index is -0.523. The van der Waals surface area contributed by atoms with Gasteiger partial charge in [-0.25, -0.2) is 0 Å². The molecule has 0 aromatic heterocycles. The first-order valence-corrected chi connectivity index (χ1v) is 11.2. The van der Waals surface area contributed by atoms with E-state index in [-0.39, 0.29) is 5.57 Å². The fourth-order valence-corrected chi connectivity index (χ4v) is 3.76. The first-order chi connectivity index (χ1) is 15.8. The highest BCUT2D eigenvalue weighted by Gasteiger charge is 2.14. The van der Waals surface area contributed by atoms with Crippen molar-refractivity contribution in [2.45, 2.75) is 20.5 Å². The summed E-state index contributed by atoms with van der Waals surface area (Å²) in [6, 6.07) is 18.3. The molecule has 0 aliphatic carbocycles.